The highest BCUT2D eigenvalue weighted by molar-refractivity contribution is 6.00. The van der Waals surface area contributed by atoms with E-state index < -0.39 is 6.36 Å². The Morgan fingerprint density at radius 2 is 1.93 bits per heavy atom. The molecule has 0 unspecified atom stereocenters. The van der Waals surface area contributed by atoms with Crippen molar-refractivity contribution < 1.29 is 23.1 Å². The number of rotatable bonds is 2. The molecule has 0 spiro atoms. The van der Waals surface area contributed by atoms with Crippen molar-refractivity contribution in [3.8, 4) is 5.75 Å². The minimum absolute atomic E-state index is 0.0508. The van der Waals surface area contributed by atoms with Crippen LogP contribution in [0.3, 0.4) is 0 Å². The van der Waals surface area contributed by atoms with Crippen molar-refractivity contribution in [3.05, 3.63) is 29.8 Å². The van der Waals surface area contributed by atoms with Crippen molar-refractivity contribution in [2.45, 2.75) is 13.3 Å². The monoisotopic (exact) mass is 219 g/mol. The van der Waals surface area contributed by atoms with Gasteiger partial charge in [0.25, 0.3) is 0 Å². The van der Waals surface area contributed by atoms with Crippen LogP contribution < -0.4 is 4.74 Å². The van der Waals surface area contributed by atoms with E-state index in [4.69, 9.17) is 5.21 Å². The number of benzene rings is 1. The van der Waals surface area contributed by atoms with Gasteiger partial charge in [0.15, 0.2) is 0 Å². The largest absolute Gasteiger partial charge is 0.573 e. The van der Waals surface area contributed by atoms with Crippen LogP contribution in [0.4, 0.5) is 13.2 Å². The first-order chi connectivity index (χ1) is 6.94. The summed E-state index contributed by atoms with van der Waals surface area (Å²) in [5.41, 5.74) is 0.146. The number of halogens is 3. The summed E-state index contributed by atoms with van der Waals surface area (Å²) in [7, 11) is 0. The molecule has 0 fully saturated rings. The molecule has 0 aliphatic rings. The molecule has 0 saturated heterocycles. The van der Waals surface area contributed by atoms with E-state index in [-0.39, 0.29) is 17.0 Å². The van der Waals surface area contributed by atoms with Gasteiger partial charge in [-0.1, -0.05) is 17.3 Å². The lowest BCUT2D eigenvalue weighted by atomic mass is 10.1. The molecule has 0 heterocycles. The fourth-order valence-corrected chi connectivity index (χ4v) is 1.03. The SMILES string of the molecule is C/C(=N\O)c1ccccc1OC(F)(F)F. The predicted molar refractivity (Wildman–Crippen MR) is 47.1 cm³/mol. The van der Waals surface area contributed by atoms with Gasteiger partial charge in [0, 0.05) is 5.56 Å². The van der Waals surface area contributed by atoms with Gasteiger partial charge < -0.3 is 9.94 Å². The van der Waals surface area contributed by atoms with Gasteiger partial charge in [-0.3, -0.25) is 0 Å². The molecule has 0 saturated carbocycles. The molecule has 1 aromatic carbocycles. The molecule has 0 amide bonds. The third-order valence-corrected chi connectivity index (χ3v) is 1.65. The zero-order chi connectivity index (χ0) is 11.5. The fourth-order valence-electron chi connectivity index (χ4n) is 1.03. The Morgan fingerprint density at radius 3 is 2.47 bits per heavy atom. The molecule has 1 N–H and O–H groups in total. The van der Waals surface area contributed by atoms with Gasteiger partial charge in [-0.25, -0.2) is 0 Å². The number of alkyl halides is 3. The zero-order valence-corrected chi connectivity index (χ0v) is 7.75. The fraction of sp³-hybridized carbons (Fsp3) is 0.222. The molecule has 3 nitrogen and oxygen atoms in total. The average Bonchev–Trinajstić information content (AvgIpc) is 2.15. The van der Waals surface area contributed by atoms with Crippen molar-refractivity contribution in [3.63, 3.8) is 0 Å². The standard InChI is InChI=1S/C9H8F3NO2/c1-6(13-14)7-4-2-3-5-8(7)15-9(10,11)12/h2-5,14H,1H3/b13-6+. The van der Waals surface area contributed by atoms with Gasteiger partial charge in [-0.15, -0.1) is 13.2 Å². The van der Waals surface area contributed by atoms with Crippen LogP contribution in [0.2, 0.25) is 0 Å². The summed E-state index contributed by atoms with van der Waals surface area (Å²) in [5.74, 6) is -0.389. The molecule has 6 heteroatoms. The van der Waals surface area contributed by atoms with E-state index in [9.17, 15) is 13.2 Å². The molecule has 0 aliphatic carbocycles. The number of nitrogens with zero attached hydrogens (tertiary/aromatic N) is 1. The lowest BCUT2D eigenvalue weighted by Crippen LogP contribution is -2.18. The van der Waals surface area contributed by atoms with E-state index in [2.05, 4.69) is 9.89 Å². The van der Waals surface area contributed by atoms with Gasteiger partial charge in [-0.2, -0.15) is 0 Å². The average molecular weight is 219 g/mol. The molecular weight excluding hydrogens is 211 g/mol. The Morgan fingerprint density at radius 1 is 1.33 bits per heavy atom. The van der Waals surface area contributed by atoms with Crippen molar-refractivity contribution >= 4 is 5.71 Å². The third-order valence-electron chi connectivity index (χ3n) is 1.65. The van der Waals surface area contributed by atoms with Crippen LogP contribution in [0, 0.1) is 0 Å². The number of hydrogen-bond acceptors (Lipinski definition) is 3. The predicted octanol–water partition coefficient (Wildman–Crippen LogP) is 2.78. The highest BCUT2D eigenvalue weighted by atomic mass is 19.4. The number of oxime groups is 1. The summed E-state index contributed by atoms with van der Waals surface area (Å²) in [6, 6.07) is 5.44. The Bertz CT molecular complexity index is 374. The van der Waals surface area contributed by atoms with Crippen molar-refractivity contribution in [1.29, 1.82) is 0 Å². The molecular formula is C9H8F3NO2. The van der Waals surface area contributed by atoms with Crippen LogP contribution in [0.25, 0.3) is 0 Å². The minimum Gasteiger partial charge on any atom is -0.411 e. The van der Waals surface area contributed by atoms with E-state index >= 15 is 0 Å². The Balaban J connectivity index is 3.07. The maximum Gasteiger partial charge on any atom is 0.573 e. The molecule has 0 atom stereocenters. The normalized spacial score (nSPS) is 12.7. The van der Waals surface area contributed by atoms with Gasteiger partial charge in [0.2, 0.25) is 0 Å². The maximum absolute atomic E-state index is 12.0. The Kier molecular flexibility index (Phi) is 3.18. The summed E-state index contributed by atoms with van der Waals surface area (Å²) >= 11 is 0. The highest BCUT2D eigenvalue weighted by Crippen LogP contribution is 2.26. The lowest BCUT2D eigenvalue weighted by Gasteiger charge is -2.12. The van der Waals surface area contributed by atoms with Crippen LogP contribution in [0.1, 0.15) is 12.5 Å². The number of hydrogen-bond donors (Lipinski definition) is 1. The second-order valence-corrected chi connectivity index (χ2v) is 2.73. The Labute approximate surface area is 83.8 Å². The first-order valence-electron chi connectivity index (χ1n) is 3.98. The minimum atomic E-state index is -4.76. The van der Waals surface area contributed by atoms with Crippen molar-refractivity contribution in [2.75, 3.05) is 0 Å². The molecule has 0 aromatic heterocycles. The Hall–Kier alpha value is -1.72. The molecule has 15 heavy (non-hydrogen) atoms. The van der Waals surface area contributed by atoms with Crippen LogP contribution in [0.15, 0.2) is 29.4 Å². The highest BCUT2D eigenvalue weighted by Gasteiger charge is 2.32. The van der Waals surface area contributed by atoms with E-state index in [0.29, 0.717) is 0 Å². The van der Waals surface area contributed by atoms with Gasteiger partial charge in [0.1, 0.15) is 5.75 Å². The van der Waals surface area contributed by atoms with Crippen molar-refractivity contribution in [1.82, 2.24) is 0 Å². The van der Waals surface area contributed by atoms with Crippen LogP contribution >= 0.6 is 0 Å². The van der Waals surface area contributed by atoms with Crippen LogP contribution in [-0.4, -0.2) is 17.3 Å². The second kappa shape index (κ2) is 4.20. The summed E-state index contributed by atoms with van der Waals surface area (Å²) in [6.07, 6.45) is -4.76. The topological polar surface area (TPSA) is 41.8 Å². The number of para-hydroxylation sites is 1. The van der Waals surface area contributed by atoms with Crippen LogP contribution in [0.5, 0.6) is 5.75 Å². The summed E-state index contributed by atoms with van der Waals surface area (Å²) in [4.78, 5) is 0. The molecule has 1 rings (SSSR count). The molecule has 0 radical (unpaired) electrons. The summed E-state index contributed by atoms with van der Waals surface area (Å²) < 4.78 is 39.7. The first-order valence-corrected chi connectivity index (χ1v) is 3.98. The van der Waals surface area contributed by atoms with Gasteiger partial charge in [-0.05, 0) is 19.1 Å². The second-order valence-electron chi connectivity index (χ2n) is 2.73. The third kappa shape index (κ3) is 3.16. The van der Waals surface area contributed by atoms with Gasteiger partial charge in [0.05, 0.1) is 5.71 Å². The smallest absolute Gasteiger partial charge is 0.411 e. The summed E-state index contributed by atoms with van der Waals surface area (Å²) in [5, 5.41) is 11.3. The quantitative estimate of drug-likeness (QED) is 0.472. The molecule has 0 bridgehead atoms. The lowest BCUT2D eigenvalue weighted by molar-refractivity contribution is -0.274. The van der Waals surface area contributed by atoms with Crippen LogP contribution in [-0.2, 0) is 0 Å². The molecule has 0 aliphatic heterocycles. The molecule has 1 aromatic rings. The van der Waals surface area contributed by atoms with E-state index in [1.54, 1.807) is 0 Å². The van der Waals surface area contributed by atoms with Gasteiger partial charge >= 0.3 is 6.36 Å². The van der Waals surface area contributed by atoms with E-state index in [0.717, 1.165) is 6.07 Å². The molecule has 82 valence electrons. The van der Waals surface area contributed by atoms with Crippen molar-refractivity contribution in [2.24, 2.45) is 5.16 Å². The zero-order valence-electron chi connectivity index (χ0n) is 7.75. The van der Waals surface area contributed by atoms with E-state index in [1.807, 2.05) is 0 Å². The van der Waals surface area contributed by atoms with E-state index in [1.165, 1.54) is 25.1 Å². The number of ether oxygens (including phenoxy) is 1. The maximum atomic E-state index is 12.0. The summed E-state index contributed by atoms with van der Waals surface area (Å²) in [6.45, 7) is 1.37. The first kappa shape index (κ1) is 11.4.